The van der Waals surface area contributed by atoms with Crippen LogP contribution in [0.25, 0.3) is 0 Å². The van der Waals surface area contributed by atoms with E-state index in [1.54, 1.807) is 0 Å². The number of carbonyl (C=O) groups is 1. The van der Waals surface area contributed by atoms with E-state index in [0.29, 0.717) is 0 Å². The van der Waals surface area contributed by atoms with Gasteiger partial charge in [-0.3, -0.25) is 4.79 Å². The van der Waals surface area contributed by atoms with Crippen molar-refractivity contribution in [3.05, 3.63) is 24.3 Å². The molecule has 0 rings (SSSR count). The van der Waals surface area contributed by atoms with Crippen LogP contribution in [-0.4, -0.2) is 11.1 Å². The molecule has 182 valence electrons. The van der Waals surface area contributed by atoms with Gasteiger partial charge in [0.1, 0.15) is 0 Å². The van der Waals surface area contributed by atoms with E-state index >= 15 is 0 Å². The molecule has 1 atom stereocenters. The number of aliphatic carboxylic acids is 1. The van der Waals surface area contributed by atoms with Gasteiger partial charge in [0.25, 0.3) is 0 Å². The maximum absolute atomic E-state index is 10.4. The molecule has 0 bridgehead atoms. The van der Waals surface area contributed by atoms with Crippen LogP contribution in [0.3, 0.4) is 0 Å². The van der Waals surface area contributed by atoms with Crippen molar-refractivity contribution in [1.29, 1.82) is 0 Å². The highest BCUT2D eigenvalue weighted by atomic mass is 16.4. The van der Waals surface area contributed by atoms with E-state index < -0.39 is 5.97 Å². The molecule has 0 aromatic rings. The summed E-state index contributed by atoms with van der Waals surface area (Å²) in [4.78, 5) is 10.4. The molecule has 0 saturated carbocycles. The van der Waals surface area contributed by atoms with Crippen LogP contribution in [0.1, 0.15) is 149 Å². The van der Waals surface area contributed by atoms with Crippen LogP contribution in [0.4, 0.5) is 0 Å². The summed E-state index contributed by atoms with van der Waals surface area (Å²) < 4.78 is 0. The maximum atomic E-state index is 10.4. The Hall–Kier alpha value is -1.05. The summed E-state index contributed by atoms with van der Waals surface area (Å²) in [6, 6.07) is 0. The van der Waals surface area contributed by atoms with Gasteiger partial charge in [-0.25, -0.2) is 0 Å². The number of allylic oxidation sites excluding steroid dienone is 4. The van der Waals surface area contributed by atoms with Gasteiger partial charge in [0.2, 0.25) is 0 Å². The minimum atomic E-state index is -0.694. The average molecular weight is 435 g/mol. The van der Waals surface area contributed by atoms with Crippen LogP contribution >= 0.6 is 0 Å². The van der Waals surface area contributed by atoms with E-state index in [1.165, 1.54) is 103 Å². The zero-order valence-corrected chi connectivity index (χ0v) is 21.1. The minimum absolute atomic E-state index is 0.281. The first kappa shape index (κ1) is 29.9. The molecule has 0 saturated heterocycles. The Morgan fingerprint density at radius 2 is 1.03 bits per heavy atom. The predicted octanol–water partition coefficient (Wildman–Crippen LogP) is 10.0. The van der Waals surface area contributed by atoms with Gasteiger partial charge < -0.3 is 5.11 Å². The molecule has 0 spiro atoms. The number of carboxylic acids is 1. The van der Waals surface area contributed by atoms with Gasteiger partial charge in [-0.05, 0) is 44.4 Å². The quantitative estimate of drug-likeness (QED) is 0.121. The summed E-state index contributed by atoms with van der Waals surface area (Å²) in [5, 5.41) is 8.57. The van der Waals surface area contributed by atoms with Gasteiger partial charge in [-0.1, -0.05) is 128 Å². The fourth-order valence-electron chi connectivity index (χ4n) is 4.09. The number of rotatable bonds is 24. The van der Waals surface area contributed by atoms with E-state index in [-0.39, 0.29) is 6.42 Å². The van der Waals surface area contributed by atoms with E-state index in [2.05, 4.69) is 38.2 Å². The molecule has 2 heteroatoms. The second-order valence-electron chi connectivity index (χ2n) is 9.52. The third kappa shape index (κ3) is 26.9. The van der Waals surface area contributed by atoms with Crippen molar-refractivity contribution >= 4 is 5.97 Å². The first-order valence-electron chi connectivity index (χ1n) is 13.7. The summed E-state index contributed by atoms with van der Waals surface area (Å²) >= 11 is 0. The molecule has 0 aromatic heterocycles. The monoisotopic (exact) mass is 434 g/mol. The van der Waals surface area contributed by atoms with Crippen molar-refractivity contribution in [1.82, 2.24) is 0 Å². The van der Waals surface area contributed by atoms with Gasteiger partial charge in [-0.2, -0.15) is 0 Å². The van der Waals surface area contributed by atoms with Crippen molar-refractivity contribution in [2.45, 2.75) is 149 Å². The Balaban J connectivity index is 3.21. The third-order valence-corrected chi connectivity index (χ3v) is 6.21. The number of hydrogen-bond donors (Lipinski definition) is 1. The summed E-state index contributed by atoms with van der Waals surface area (Å²) in [5.41, 5.74) is 0. The zero-order valence-electron chi connectivity index (χ0n) is 21.1. The van der Waals surface area contributed by atoms with Crippen LogP contribution in [0.2, 0.25) is 0 Å². The third-order valence-electron chi connectivity index (χ3n) is 6.21. The first-order valence-corrected chi connectivity index (χ1v) is 13.7. The second-order valence-corrected chi connectivity index (χ2v) is 9.52. The van der Waals surface area contributed by atoms with Crippen LogP contribution in [-0.2, 0) is 4.79 Å². The molecule has 31 heavy (non-hydrogen) atoms. The van der Waals surface area contributed by atoms with Crippen LogP contribution in [0.15, 0.2) is 24.3 Å². The Morgan fingerprint density at radius 1 is 0.613 bits per heavy atom. The molecule has 2 nitrogen and oxygen atoms in total. The molecule has 0 amide bonds. The highest BCUT2D eigenvalue weighted by Gasteiger charge is 2.01. The van der Waals surface area contributed by atoms with Gasteiger partial charge in [0, 0.05) is 6.42 Å². The zero-order chi connectivity index (χ0) is 22.8. The van der Waals surface area contributed by atoms with Crippen LogP contribution in [0.5, 0.6) is 0 Å². The molecule has 0 aliphatic heterocycles. The lowest BCUT2D eigenvalue weighted by Crippen LogP contribution is -1.95. The molecular formula is C29H54O2. The number of hydrogen-bond acceptors (Lipinski definition) is 1. The van der Waals surface area contributed by atoms with Gasteiger partial charge in [0.15, 0.2) is 0 Å². The fraction of sp³-hybridized carbons (Fsp3) is 0.828. The molecule has 0 heterocycles. The SMILES string of the molecule is CCCCCCC(C)CCCCCCCCCCCC=CCCC=CCCCC(=O)O. The normalized spacial score (nSPS) is 12.8. The smallest absolute Gasteiger partial charge is 0.303 e. The molecule has 1 N–H and O–H groups in total. The molecule has 0 aromatic carbocycles. The van der Waals surface area contributed by atoms with E-state index in [4.69, 9.17) is 5.11 Å². The van der Waals surface area contributed by atoms with Gasteiger partial charge in [-0.15, -0.1) is 0 Å². The number of carboxylic acid groups (broad SMARTS) is 1. The highest BCUT2D eigenvalue weighted by Crippen LogP contribution is 2.18. The lowest BCUT2D eigenvalue weighted by atomic mass is 9.96. The van der Waals surface area contributed by atoms with Crippen LogP contribution < -0.4 is 0 Å². The highest BCUT2D eigenvalue weighted by molar-refractivity contribution is 5.66. The summed E-state index contributed by atoms with van der Waals surface area (Å²) in [5.74, 6) is 0.248. The molecule has 0 aliphatic rings. The van der Waals surface area contributed by atoms with Crippen molar-refractivity contribution in [3.63, 3.8) is 0 Å². The molecule has 1 unspecified atom stereocenters. The molecular weight excluding hydrogens is 380 g/mol. The lowest BCUT2D eigenvalue weighted by molar-refractivity contribution is -0.137. The molecule has 0 radical (unpaired) electrons. The molecule has 0 aliphatic carbocycles. The summed E-state index contributed by atoms with van der Waals surface area (Å²) in [6.45, 7) is 4.74. The van der Waals surface area contributed by atoms with Crippen molar-refractivity contribution < 1.29 is 9.90 Å². The van der Waals surface area contributed by atoms with E-state index in [1.807, 2.05) is 0 Å². The van der Waals surface area contributed by atoms with Gasteiger partial charge >= 0.3 is 5.97 Å². The average Bonchev–Trinajstić information content (AvgIpc) is 2.75. The number of unbranched alkanes of at least 4 members (excludes halogenated alkanes) is 14. The Labute approximate surface area is 195 Å². The lowest BCUT2D eigenvalue weighted by Gasteiger charge is -2.10. The fourth-order valence-corrected chi connectivity index (χ4v) is 4.09. The van der Waals surface area contributed by atoms with E-state index in [0.717, 1.165) is 31.6 Å². The topological polar surface area (TPSA) is 37.3 Å². The van der Waals surface area contributed by atoms with Crippen molar-refractivity contribution in [3.8, 4) is 0 Å². The first-order chi connectivity index (χ1) is 15.2. The Morgan fingerprint density at radius 3 is 1.55 bits per heavy atom. The minimum Gasteiger partial charge on any atom is -0.481 e. The Bertz CT molecular complexity index is 424. The van der Waals surface area contributed by atoms with E-state index in [9.17, 15) is 4.79 Å². The summed E-state index contributed by atoms with van der Waals surface area (Å²) in [7, 11) is 0. The van der Waals surface area contributed by atoms with Crippen molar-refractivity contribution in [2.75, 3.05) is 0 Å². The molecule has 0 fully saturated rings. The van der Waals surface area contributed by atoms with Gasteiger partial charge in [0.05, 0.1) is 0 Å². The predicted molar refractivity (Wildman–Crippen MR) is 138 cm³/mol. The largest absolute Gasteiger partial charge is 0.481 e. The van der Waals surface area contributed by atoms with Crippen molar-refractivity contribution in [2.24, 2.45) is 5.92 Å². The summed E-state index contributed by atoms with van der Waals surface area (Å²) in [6.07, 6.45) is 35.5. The maximum Gasteiger partial charge on any atom is 0.303 e. The Kier molecular flexibility index (Phi) is 24.4. The second kappa shape index (κ2) is 25.2. The van der Waals surface area contributed by atoms with Crippen LogP contribution in [0, 0.1) is 5.92 Å². The standard InChI is InChI=1S/C29H54O2/c1-3-4-5-22-25-28(2)26-23-20-18-16-14-12-10-8-6-7-9-11-13-15-17-19-21-24-27-29(30)31/h9,11,17,19,28H,3-8,10,12-16,18,20-27H2,1-2H3,(H,30,31).